The molecule has 1 heterocycles. The molecule has 2 aromatic rings. The van der Waals surface area contributed by atoms with Gasteiger partial charge in [0.25, 0.3) is 0 Å². The molecule has 0 aliphatic rings. The Morgan fingerprint density at radius 2 is 2.06 bits per heavy atom. The summed E-state index contributed by atoms with van der Waals surface area (Å²) in [5.74, 6) is 0. The van der Waals surface area contributed by atoms with Gasteiger partial charge < -0.3 is 10.8 Å². The van der Waals surface area contributed by atoms with Crippen LogP contribution in [0.15, 0.2) is 36.5 Å². The highest BCUT2D eigenvalue weighted by Gasteiger charge is 2.20. The van der Waals surface area contributed by atoms with Crippen LogP contribution in [0.25, 0.3) is 11.3 Å². The van der Waals surface area contributed by atoms with Crippen molar-refractivity contribution in [3.63, 3.8) is 0 Å². The fourth-order valence-electron chi connectivity index (χ4n) is 1.79. The summed E-state index contributed by atoms with van der Waals surface area (Å²) in [5, 5.41) is 16.2. The molecule has 2 rings (SSSR count). The lowest BCUT2D eigenvalue weighted by Crippen LogP contribution is -2.42. The SMILES string of the molecule is CC(N)(CO)Cc1cn[nH]c1-c1ccccc1. The number of nitrogens with one attached hydrogen (secondary N) is 1. The van der Waals surface area contributed by atoms with E-state index in [4.69, 9.17) is 5.73 Å². The number of nitrogens with zero attached hydrogens (tertiary/aromatic N) is 1. The van der Waals surface area contributed by atoms with E-state index < -0.39 is 5.54 Å². The maximum atomic E-state index is 9.20. The van der Waals surface area contributed by atoms with Crippen molar-refractivity contribution in [2.75, 3.05) is 6.61 Å². The summed E-state index contributed by atoms with van der Waals surface area (Å²) < 4.78 is 0. The molecule has 0 amide bonds. The Morgan fingerprint density at radius 1 is 1.35 bits per heavy atom. The van der Waals surface area contributed by atoms with Crippen molar-refractivity contribution in [2.45, 2.75) is 18.9 Å². The van der Waals surface area contributed by atoms with E-state index in [9.17, 15) is 5.11 Å². The molecule has 0 aliphatic carbocycles. The fourth-order valence-corrected chi connectivity index (χ4v) is 1.79. The first-order valence-electron chi connectivity index (χ1n) is 5.60. The lowest BCUT2D eigenvalue weighted by molar-refractivity contribution is 0.208. The summed E-state index contributed by atoms with van der Waals surface area (Å²) in [6.07, 6.45) is 2.35. The number of nitrogens with two attached hydrogens (primary N) is 1. The van der Waals surface area contributed by atoms with Crippen LogP contribution >= 0.6 is 0 Å². The van der Waals surface area contributed by atoms with E-state index in [-0.39, 0.29) is 6.61 Å². The lowest BCUT2D eigenvalue weighted by atomic mass is 9.93. The Bertz CT molecular complexity index is 476. The van der Waals surface area contributed by atoms with Crippen LogP contribution in [0, 0.1) is 0 Å². The first kappa shape index (κ1) is 11.8. The summed E-state index contributed by atoms with van der Waals surface area (Å²) >= 11 is 0. The first-order valence-corrected chi connectivity index (χ1v) is 5.60. The number of aromatic nitrogens is 2. The van der Waals surface area contributed by atoms with Crippen LogP contribution in [0.5, 0.6) is 0 Å². The molecule has 0 saturated heterocycles. The smallest absolute Gasteiger partial charge is 0.0682 e. The highest BCUT2D eigenvalue weighted by molar-refractivity contribution is 5.62. The molecule has 4 nitrogen and oxygen atoms in total. The average Bonchev–Trinajstić information content (AvgIpc) is 2.77. The largest absolute Gasteiger partial charge is 0.394 e. The third kappa shape index (κ3) is 2.72. The molecule has 1 aromatic heterocycles. The number of hydrogen-bond acceptors (Lipinski definition) is 3. The van der Waals surface area contributed by atoms with Gasteiger partial charge in [-0.25, -0.2) is 0 Å². The van der Waals surface area contributed by atoms with E-state index in [1.165, 1.54) is 0 Å². The molecule has 1 atom stereocenters. The summed E-state index contributed by atoms with van der Waals surface area (Å²) in [7, 11) is 0. The second kappa shape index (κ2) is 4.69. The average molecular weight is 231 g/mol. The van der Waals surface area contributed by atoms with Gasteiger partial charge >= 0.3 is 0 Å². The van der Waals surface area contributed by atoms with Gasteiger partial charge in [0.2, 0.25) is 0 Å². The molecular weight excluding hydrogens is 214 g/mol. The van der Waals surface area contributed by atoms with Crippen molar-refractivity contribution >= 4 is 0 Å². The lowest BCUT2D eigenvalue weighted by Gasteiger charge is -2.21. The Labute approximate surface area is 100 Å². The van der Waals surface area contributed by atoms with E-state index in [2.05, 4.69) is 10.2 Å². The standard InChI is InChI=1S/C13H17N3O/c1-13(14,9-17)7-11-8-15-16-12(11)10-5-3-2-4-6-10/h2-6,8,17H,7,9,14H2,1H3,(H,15,16). The van der Waals surface area contributed by atoms with Crippen molar-refractivity contribution in [1.82, 2.24) is 10.2 Å². The molecule has 0 spiro atoms. The van der Waals surface area contributed by atoms with Gasteiger partial charge in [-0.2, -0.15) is 5.10 Å². The molecule has 0 fully saturated rings. The normalized spacial score (nSPS) is 14.5. The van der Waals surface area contributed by atoms with Gasteiger partial charge in [-0.3, -0.25) is 5.10 Å². The van der Waals surface area contributed by atoms with Crippen molar-refractivity contribution in [3.05, 3.63) is 42.1 Å². The van der Waals surface area contributed by atoms with Crippen LogP contribution in [0.4, 0.5) is 0 Å². The molecule has 1 aromatic carbocycles. The van der Waals surface area contributed by atoms with Crippen LogP contribution in [-0.4, -0.2) is 27.4 Å². The minimum Gasteiger partial charge on any atom is -0.394 e. The number of H-pyrrole nitrogens is 1. The molecule has 4 N–H and O–H groups in total. The number of rotatable bonds is 4. The summed E-state index contributed by atoms with van der Waals surface area (Å²) in [6.45, 7) is 1.78. The van der Waals surface area contributed by atoms with E-state index in [1.54, 1.807) is 6.20 Å². The van der Waals surface area contributed by atoms with Gasteiger partial charge in [0, 0.05) is 5.54 Å². The number of benzene rings is 1. The van der Waals surface area contributed by atoms with Gasteiger partial charge in [-0.05, 0) is 24.5 Å². The van der Waals surface area contributed by atoms with Gasteiger partial charge in [-0.15, -0.1) is 0 Å². The first-order chi connectivity index (χ1) is 8.12. The highest BCUT2D eigenvalue weighted by Crippen LogP contribution is 2.23. The summed E-state index contributed by atoms with van der Waals surface area (Å²) in [5.41, 5.74) is 8.41. The zero-order valence-corrected chi connectivity index (χ0v) is 9.85. The Hall–Kier alpha value is -1.65. The molecule has 0 saturated carbocycles. The van der Waals surface area contributed by atoms with Gasteiger partial charge in [-0.1, -0.05) is 30.3 Å². The number of aromatic amines is 1. The molecule has 17 heavy (non-hydrogen) atoms. The second-order valence-electron chi connectivity index (χ2n) is 4.63. The van der Waals surface area contributed by atoms with Crippen molar-refractivity contribution in [2.24, 2.45) is 5.73 Å². The zero-order valence-electron chi connectivity index (χ0n) is 9.85. The zero-order chi connectivity index (χ0) is 12.3. The number of aliphatic hydroxyl groups is 1. The quantitative estimate of drug-likeness (QED) is 0.743. The summed E-state index contributed by atoms with van der Waals surface area (Å²) in [6, 6.07) is 9.97. The van der Waals surface area contributed by atoms with Gasteiger partial charge in [0.15, 0.2) is 0 Å². The molecule has 0 bridgehead atoms. The molecule has 1 unspecified atom stereocenters. The maximum absolute atomic E-state index is 9.20. The van der Waals surface area contributed by atoms with Crippen LogP contribution in [-0.2, 0) is 6.42 Å². The highest BCUT2D eigenvalue weighted by atomic mass is 16.3. The molecule has 4 heteroatoms. The van der Waals surface area contributed by atoms with Crippen molar-refractivity contribution in [1.29, 1.82) is 0 Å². The fraction of sp³-hybridized carbons (Fsp3) is 0.308. The Kier molecular flexibility index (Phi) is 3.26. The van der Waals surface area contributed by atoms with Crippen LogP contribution < -0.4 is 5.73 Å². The molecule has 0 aliphatic heterocycles. The van der Waals surface area contributed by atoms with Crippen molar-refractivity contribution < 1.29 is 5.11 Å². The predicted octanol–water partition coefficient (Wildman–Crippen LogP) is 1.33. The third-order valence-corrected chi connectivity index (χ3v) is 2.74. The minimum atomic E-state index is -0.618. The van der Waals surface area contributed by atoms with Gasteiger partial charge in [0.1, 0.15) is 0 Å². The molecular formula is C13H17N3O. The van der Waals surface area contributed by atoms with E-state index in [0.29, 0.717) is 6.42 Å². The maximum Gasteiger partial charge on any atom is 0.0682 e. The molecule has 0 radical (unpaired) electrons. The third-order valence-electron chi connectivity index (χ3n) is 2.74. The van der Waals surface area contributed by atoms with E-state index in [1.807, 2.05) is 37.3 Å². The van der Waals surface area contributed by atoms with Crippen LogP contribution in [0.1, 0.15) is 12.5 Å². The predicted molar refractivity (Wildman–Crippen MR) is 67.4 cm³/mol. The van der Waals surface area contributed by atoms with Crippen LogP contribution in [0.3, 0.4) is 0 Å². The summed E-state index contributed by atoms with van der Waals surface area (Å²) in [4.78, 5) is 0. The Morgan fingerprint density at radius 3 is 2.71 bits per heavy atom. The number of hydrogen-bond donors (Lipinski definition) is 3. The monoisotopic (exact) mass is 231 g/mol. The Balaban J connectivity index is 2.30. The molecule has 90 valence electrons. The second-order valence-corrected chi connectivity index (χ2v) is 4.63. The minimum absolute atomic E-state index is 0.0492. The van der Waals surface area contributed by atoms with Gasteiger partial charge in [0.05, 0.1) is 18.5 Å². The van der Waals surface area contributed by atoms with Crippen LogP contribution in [0.2, 0.25) is 0 Å². The number of aliphatic hydroxyl groups excluding tert-OH is 1. The topological polar surface area (TPSA) is 74.9 Å². The van der Waals surface area contributed by atoms with E-state index in [0.717, 1.165) is 16.8 Å². The van der Waals surface area contributed by atoms with Crippen molar-refractivity contribution in [3.8, 4) is 11.3 Å². The van der Waals surface area contributed by atoms with E-state index >= 15 is 0 Å².